The van der Waals surface area contributed by atoms with Gasteiger partial charge in [-0.1, -0.05) is 6.07 Å². The summed E-state index contributed by atoms with van der Waals surface area (Å²) in [5.74, 6) is -1.40. The van der Waals surface area contributed by atoms with Gasteiger partial charge in [0.15, 0.2) is 0 Å². The quantitative estimate of drug-likeness (QED) is 0.775. The molecule has 1 atom stereocenters. The minimum Gasteiger partial charge on any atom is -0.480 e. The fourth-order valence-corrected chi connectivity index (χ4v) is 2.43. The summed E-state index contributed by atoms with van der Waals surface area (Å²) < 4.78 is 0. The highest BCUT2D eigenvalue weighted by atomic mass is 32.1. The van der Waals surface area contributed by atoms with Gasteiger partial charge in [0.25, 0.3) is 0 Å². The molecule has 1 aliphatic carbocycles. The van der Waals surface area contributed by atoms with Gasteiger partial charge in [-0.25, -0.2) is 0 Å². The number of hydrogen-bond acceptors (Lipinski definition) is 3. The van der Waals surface area contributed by atoms with E-state index in [1.165, 1.54) is 6.92 Å². The molecule has 1 aliphatic rings. The number of carbonyl (C=O) groups excluding carboxylic acids is 1. The van der Waals surface area contributed by atoms with Gasteiger partial charge in [0.2, 0.25) is 5.91 Å². The summed E-state index contributed by atoms with van der Waals surface area (Å²) in [5.41, 5.74) is -1.33. The number of carbonyl (C=O) groups is 2. The molecule has 18 heavy (non-hydrogen) atoms. The van der Waals surface area contributed by atoms with Crippen LogP contribution in [0.2, 0.25) is 0 Å². The number of carboxylic acids is 1. The number of aliphatic carboxylic acids is 1. The summed E-state index contributed by atoms with van der Waals surface area (Å²) in [5, 5.41) is 14.1. The van der Waals surface area contributed by atoms with Crippen LogP contribution < -0.4 is 5.32 Å². The Morgan fingerprint density at radius 1 is 1.56 bits per heavy atom. The summed E-state index contributed by atoms with van der Waals surface area (Å²) >= 11 is 1.59. The van der Waals surface area contributed by atoms with Crippen molar-refractivity contribution < 1.29 is 14.7 Å². The van der Waals surface area contributed by atoms with Gasteiger partial charge in [0.1, 0.15) is 5.41 Å². The molecule has 98 valence electrons. The van der Waals surface area contributed by atoms with Crippen LogP contribution >= 0.6 is 11.3 Å². The van der Waals surface area contributed by atoms with E-state index in [9.17, 15) is 14.7 Å². The molecular weight excluding hydrogens is 250 g/mol. The molecule has 1 heterocycles. The molecule has 2 rings (SSSR count). The molecule has 1 aromatic rings. The molecule has 0 spiro atoms. The molecule has 1 saturated carbocycles. The zero-order valence-electron chi connectivity index (χ0n) is 10.3. The standard InChI is InChI=1S/C13H17NO3S/c1-13(12(16)17,11(15)14-9-4-5-9)7-6-10-3-2-8-18-10/h2-3,8-9H,4-7H2,1H3,(H,14,15)(H,16,17). The van der Waals surface area contributed by atoms with E-state index >= 15 is 0 Å². The molecule has 4 nitrogen and oxygen atoms in total. The minimum atomic E-state index is -1.33. The normalized spacial score (nSPS) is 18.1. The van der Waals surface area contributed by atoms with E-state index in [1.807, 2.05) is 17.5 Å². The Labute approximate surface area is 110 Å². The average Bonchev–Trinajstić information content (AvgIpc) is 2.98. The van der Waals surface area contributed by atoms with E-state index in [0.29, 0.717) is 12.8 Å². The molecule has 5 heteroatoms. The molecule has 0 aliphatic heterocycles. The van der Waals surface area contributed by atoms with Crippen LogP contribution in [0.5, 0.6) is 0 Å². The van der Waals surface area contributed by atoms with Crippen LogP contribution in [0.4, 0.5) is 0 Å². The van der Waals surface area contributed by atoms with Crippen molar-refractivity contribution in [2.24, 2.45) is 5.41 Å². The summed E-state index contributed by atoms with van der Waals surface area (Å²) in [4.78, 5) is 24.5. The SMILES string of the molecule is CC(CCc1cccs1)(C(=O)O)C(=O)NC1CC1. The molecule has 1 unspecified atom stereocenters. The van der Waals surface area contributed by atoms with Crippen molar-refractivity contribution in [2.45, 2.75) is 38.6 Å². The van der Waals surface area contributed by atoms with Crippen LogP contribution in [0, 0.1) is 5.41 Å². The lowest BCUT2D eigenvalue weighted by molar-refractivity contribution is -0.155. The molecule has 2 N–H and O–H groups in total. The number of carboxylic acid groups (broad SMARTS) is 1. The van der Waals surface area contributed by atoms with Crippen molar-refractivity contribution in [3.8, 4) is 0 Å². The number of thiophene rings is 1. The topological polar surface area (TPSA) is 66.4 Å². The van der Waals surface area contributed by atoms with Gasteiger partial charge in [-0.3, -0.25) is 9.59 Å². The van der Waals surface area contributed by atoms with Crippen molar-refractivity contribution in [3.05, 3.63) is 22.4 Å². The van der Waals surface area contributed by atoms with E-state index in [-0.39, 0.29) is 11.9 Å². The van der Waals surface area contributed by atoms with Crippen molar-refractivity contribution in [1.82, 2.24) is 5.32 Å². The first-order chi connectivity index (χ1) is 8.52. The van der Waals surface area contributed by atoms with E-state index in [4.69, 9.17) is 0 Å². The number of nitrogens with one attached hydrogen (secondary N) is 1. The Bertz CT molecular complexity index is 439. The predicted molar refractivity (Wildman–Crippen MR) is 69.5 cm³/mol. The Balaban J connectivity index is 2.00. The Morgan fingerprint density at radius 3 is 2.78 bits per heavy atom. The van der Waals surface area contributed by atoms with Crippen LogP contribution in [0.15, 0.2) is 17.5 Å². The van der Waals surface area contributed by atoms with Gasteiger partial charge in [0.05, 0.1) is 0 Å². The van der Waals surface area contributed by atoms with Gasteiger partial charge in [-0.05, 0) is 44.1 Å². The van der Waals surface area contributed by atoms with Gasteiger partial charge in [-0.2, -0.15) is 0 Å². The minimum absolute atomic E-state index is 0.193. The zero-order valence-corrected chi connectivity index (χ0v) is 11.1. The zero-order chi connectivity index (χ0) is 13.2. The fourth-order valence-electron chi connectivity index (χ4n) is 1.72. The van der Waals surface area contributed by atoms with E-state index in [0.717, 1.165) is 17.7 Å². The van der Waals surface area contributed by atoms with Gasteiger partial charge in [-0.15, -0.1) is 11.3 Å². The predicted octanol–water partition coefficient (Wildman–Crippen LogP) is 2.05. The first-order valence-electron chi connectivity index (χ1n) is 6.09. The fraction of sp³-hybridized carbons (Fsp3) is 0.538. The molecule has 1 fully saturated rings. The number of rotatable bonds is 6. The third-order valence-electron chi connectivity index (χ3n) is 3.34. The van der Waals surface area contributed by atoms with Crippen molar-refractivity contribution in [3.63, 3.8) is 0 Å². The third kappa shape index (κ3) is 2.90. The summed E-state index contributed by atoms with van der Waals surface area (Å²) in [6.07, 6.45) is 2.89. The maximum Gasteiger partial charge on any atom is 0.318 e. The van der Waals surface area contributed by atoms with Crippen LogP contribution in [-0.2, 0) is 16.0 Å². The molecule has 1 amide bonds. The molecule has 0 radical (unpaired) electrons. The summed E-state index contributed by atoms with van der Waals surface area (Å²) in [7, 11) is 0. The highest BCUT2D eigenvalue weighted by Crippen LogP contribution is 2.28. The van der Waals surface area contributed by atoms with E-state index < -0.39 is 11.4 Å². The monoisotopic (exact) mass is 267 g/mol. The number of hydrogen-bond donors (Lipinski definition) is 2. The van der Waals surface area contributed by atoms with Gasteiger partial charge >= 0.3 is 5.97 Å². The molecule has 0 aromatic carbocycles. The van der Waals surface area contributed by atoms with Gasteiger partial charge in [0, 0.05) is 10.9 Å². The lowest BCUT2D eigenvalue weighted by atomic mass is 9.84. The van der Waals surface area contributed by atoms with Crippen molar-refractivity contribution >= 4 is 23.2 Å². The first-order valence-corrected chi connectivity index (χ1v) is 6.97. The Morgan fingerprint density at radius 2 is 2.28 bits per heavy atom. The second kappa shape index (κ2) is 5.10. The van der Waals surface area contributed by atoms with E-state index in [1.54, 1.807) is 11.3 Å². The molecule has 0 bridgehead atoms. The second-order valence-electron chi connectivity index (χ2n) is 4.96. The molecule has 0 saturated heterocycles. The highest BCUT2D eigenvalue weighted by Gasteiger charge is 2.42. The molecule has 1 aromatic heterocycles. The average molecular weight is 267 g/mol. The van der Waals surface area contributed by atoms with Crippen LogP contribution in [0.1, 0.15) is 31.1 Å². The lowest BCUT2D eigenvalue weighted by Crippen LogP contribution is -2.45. The van der Waals surface area contributed by atoms with E-state index in [2.05, 4.69) is 5.32 Å². The lowest BCUT2D eigenvalue weighted by Gasteiger charge is -2.23. The Hall–Kier alpha value is -1.36. The number of aryl methyl sites for hydroxylation is 1. The Kier molecular flexibility index (Phi) is 3.71. The largest absolute Gasteiger partial charge is 0.480 e. The summed E-state index contributed by atoms with van der Waals surface area (Å²) in [6.45, 7) is 1.51. The smallest absolute Gasteiger partial charge is 0.318 e. The summed E-state index contributed by atoms with van der Waals surface area (Å²) in [6, 6.07) is 4.09. The van der Waals surface area contributed by atoms with Crippen LogP contribution in [-0.4, -0.2) is 23.0 Å². The van der Waals surface area contributed by atoms with Crippen LogP contribution in [0.3, 0.4) is 0 Å². The third-order valence-corrected chi connectivity index (χ3v) is 4.27. The maximum absolute atomic E-state index is 12.0. The second-order valence-corrected chi connectivity index (χ2v) is 6.00. The van der Waals surface area contributed by atoms with Gasteiger partial charge < -0.3 is 10.4 Å². The highest BCUT2D eigenvalue weighted by molar-refractivity contribution is 7.09. The first kappa shape index (κ1) is 13.1. The number of amides is 1. The van der Waals surface area contributed by atoms with Crippen molar-refractivity contribution in [1.29, 1.82) is 0 Å². The molecular formula is C13H17NO3S. The maximum atomic E-state index is 12.0. The van der Waals surface area contributed by atoms with Crippen LogP contribution in [0.25, 0.3) is 0 Å². The van der Waals surface area contributed by atoms with Crippen molar-refractivity contribution in [2.75, 3.05) is 0 Å².